The van der Waals surface area contributed by atoms with Gasteiger partial charge in [-0.25, -0.2) is 9.18 Å². The van der Waals surface area contributed by atoms with Crippen molar-refractivity contribution in [3.63, 3.8) is 0 Å². The molecule has 1 heterocycles. The summed E-state index contributed by atoms with van der Waals surface area (Å²) in [6, 6.07) is 11.9. The maximum Gasteiger partial charge on any atom is 0.416 e. The standard InChI is InChI=1S/C21H14F4N2O5/c22-15-7-2-1-6-14(15)19(29)27-26-18(28)11-31-20(30)17-9-8-16(32-17)12-4-3-5-13(10-12)21(23,24)25/h1-10H,11H2,(H,26,28)(H,27,29). The van der Waals surface area contributed by atoms with Gasteiger partial charge in [-0.1, -0.05) is 24.3 Å². The average Bonchev–Trinajstić information content (AvgIpc) is 3.26. The molecule has 11 heteroatoms. The van der Waals surface area contributed by atoms with E-state index in [0.29, 0.717) is 0 Å². The van der Waals surface area contributed by atoms with Crippen LogP contribution < -0.4 is 10.9 Å². The summed E-state index contributed by atoms with van der Waals surface area (Å²) in [4.78, 5) is 35.5. The molecule has 0 saturated carbocycles. The van der Waals surface area contributed by atoms with Crippen molar-refractivity contribution in [2.24, 2.45) is 0 Å². The molecule has 3 rings (SSSR count). The summed E-state index contributed by atoms with van der Waals surface area (Å²) in [7, 11) is 0. The Hall–Kier alpha value is -4.15. The maximum absolute atomic E-state index is 13.5. The van der Waals surface area contributed by atoms with Gasteiger partial charge in [0.05, 0.1) is 11.1 Å². The molecule has 2 N–H and O–H groups in total. The highest BCUT2D eigenvalue weighted by atomic mass is 19.4. The zero-order valence-corrected chi connectivity index (χ0v) is 16.0. The number of carbonyl (C=O) groups is 3. The molecule has 0 aliphatic rings. The first kappa shape index (κ1) is 22.5. The fourth-order valence-corrected chi connectivity index (χ4v) is 2.53. The van der Waals surface area contributed by atoms with E-state index in [2.05, 4.69) is 0 Å². The van der Waals surface area contributed by atoms with Crippen molar-refractivity contribution in [1.29, 1.82) is 0 Å². The van der Waals surface area contributed by atoms with Gasteiger partial charge in [-0.3, -0.25) is 20.4 Å². The lowest BCUT2D eigenvalue weighted by atomic mass is 10.1. The molecule has 0 fully saturated rings. The van der Waals surface area contributed by atoms with Gasteiger partial charge in [0, 0.05) is 5.56 Å². The van der Waals surface area contributed by atoms with Gasteiger partial charge in [0.1, 0.15) is 11.6 Å². The average molecular weight is 450 g/mol. The summed E-state index contributed by atoms with van der Waals surface area (Å²) in [6.45, 7) is -0.810. The molecule has 1 aromatic heterocycles. The van der Waals surface area contributed by atoms with Crippen LogP contribution in [0.25, 0.3) is 11.3 Å². The molecule has 3 aromatic rings. The second-order valence-electron chi connectivity index (χ2n) is 6.30. The van der Waals surface area contributed by atoms with Crippen LogP contribution in [0.4, 0.5) is 17.6 Å². The summed E-state index contributed by atoms with van der Waals surface area (Å²) < 4.78 is 62.0. The Labute approximate surface area is 177 Å². The molecule has 0 saturated heterocycles. The van der Waals surface area contributed by atoms with Crippen molar-refractivity contribution < 1.29 is 41.1 Å². The topological polar surface area (TPSA) is 97.6 Å². The number of hydrogen-bond donors (Lipinski definition) is 2. The number of amides is 2. The molecule has 0 radical (unpaired) electrons. The quantitative estimate of drug-likeness (QED) is 0.351. The summed E-state index contributed by atoms with van der Waals surface area (Å²) >= 11 is 0. The smallest absolute Gasteiger partial charge is 0.416 e. The SMILES string of the molecule is O=C(COC(=O)c1ccc(-c2cccc(C(F)(F)F)c2)o1)NNC(=O)c1ccccc1F. The van der Waals surface area contributed by atoms with Gasteiger partial charge in [-0.2, -0.15) is 13.2 Å². The van der Waals surface area contributed by atoms with Gasteiger partial charge in [-0.15, -0.1) is 0 Å². The normalized spacial score (nSPS) is 11.0. The maximum atomic E-state index is 13.5. The van der Waals surface area contributed by atoms with Gasteiger partial charge in [-0.05, 0) is 36.4 Å². The highest BCUT2D eigenvalue weighted by Gasteiger charge is 2.30. The molecule has 7 nitrogen and oxygen atoms in total. The predicted molar refractivity (Wildman–Crippen MR) is 101 cm³/mol. The lowest BCUT2D eigenvalue weighted by molar-refractivity contribution is -0.137. The Bertz CT molecular complexity index is 1160. The number of furan rings is 1. The zero-order valence-electron chi connectivity index (χ0n) is 16.0. The van der Waals surface area contributed by atoms with Crippen LogP contribution in [-0.4, -0.2) is 24.4 Å². The minimum absolute atomic E-state index is 0.00958. The fourth-order valence-electron chi connectivity index (χ4n) is 2.53. The van der Waals surface area contributed by atoms with Gasteiger partial charge in [0.25, 0.3) is 11.8 Å². The van der Waals surface area contributed by atoms with Crippen LogP contribution in [0.15, 0.2) is 65.1 Å². The van der Waals surface area contributed by atoms with Gasteiger partial charge in [0.15, 0.2) is 6.61 Å². The predicted octanol–water partition coefficient (Wildman–Crippen LogP) is 3.72. The van der Waals surface area contributed by atoms with Crippen LogP contribution >= 0.6 is 0 Å². The first-order valence-corrected chi connectivity index (χ1v) is 8.93. The van der Waals surface area contributed by atoms with Crippen LogP contribution in [0.1, 0.15) is 26.5 Å². The summed E-state index contributed by atoms with van der Waals surface area (Å²) in [5.74, 6) is -4.05. The lowest BCUT2D eigenvalue weighted by Crippen LogP contribution is -2.43. The number of hydrazine groups is 1. The number of rotatable bonds is 5. The van der Waals surface area contributed by atoms with Crippen molar-refractivity contribution >= 4 is 17.8 Å². The van der Waals surface area contributed by atoms with Crippen molar-refractivity contribution in [1.82, 2.24) is 10.9 Å². The molecule has 0 unspecified atom stereocenters. The Morgan fingerprint density at radius 3 is 2.41 bits per heavy atom. The minimum atomic E-state index is -4.54. The molecule has 0 spiro atoms. The summed E-state index contributed by atoms with van der Waals surface area (Å²) in [5, 5.41) is 0. The highest BCUT2D eigenvalue weighted by molar-refractivity contribution is 5.96. The Kier molecular flexibility index (Phi) is 6.57. The molecule has 0 aliphatic carbocycles. The van der Waals surface area contributed by atoms with Gasteiger partial charge >= 0.3 is 12.1 Å². The second kappa shape index (κ2) is 9.33. The van der Waals surface area contributed by atoms with E-state index >= 15 is 0 Å². The number of benzene rings is 2. The van der Waals surface area contributed by atoms with E-state index in [1.54, 1.807) is 0 Å². The first-order valence-electron chi connectivity index (χ1n) is 8.93. The lowest BCUT2D eigenvalue weighted by Gasteiger charge is -2.08. The highest BCUT2D eigenvalue weighted by Crippen LogP contribution is 2.32. The van der Waals surface area contributed by atoms with Gasteiger partial charge < -0.3 is 9.15 Å². The molecule has 166 valence electrons. The Morgan fingerprint density at radius 1 is 0.938 bits per heavy atom. The van der Waals surface area contributed by atoms with Crippen molar-refractivity contribution in [3.05, 3.63) is 83.4 Å². The van der Waals surface area contributed by atoms with E-state index in [0.717, 1.165) is 18.2 Å². The minimum Gasteiger partial charge on any atom is -0.450 e. The van der Waals surface area contributed by atoms with E-state index < -0.39 is 41.9 Å². The molecular formula is C21H14F4N2O5. The fraction of sp³-hybridized carbons (Fsp3) is 0.0952. The van der Waals surface area contributed by atoms with E-state index in [9.17, 15) is 31.9 Å². The van der Waals surface area contributed by atoms with Crippen molar-refractivity contribution in [2.75, 3.05) is 6.61 Å². The van der Waals surface area contributed by atoms with Crippen LogP contribution in [0, 0.1) is 5.82 Å². The summed E-state index contributed by atoms with van der Waals surface area (Å²) in [5.41, 5.74) is 2.81. The van der Waals surface area contributed by atoms with Crippen molar-refractivity contribution in [2.45, 2.75) is 6.18 Å². The molecule has 0 aliphatic heterocycles. The third-order valence-electron chi connectivity index (χ3n) is 4.05. The molecule has 32 heavy (non-hydrogen) atoms. The number of nitrogens with one attached hydrogen (secondary N) is 2. The van der Waals surface area contributed by atoms with E-state index in [1.165, 1.54) is 42.5 Å². The van der Waals surface area contributed by atoms with E-state index in [4.69, 9.17) is 9.15 Å². The molecule has 2 amide bonds. The van der Waals surface area contributed by atoms with Gasteiger partial charge in [0.2, 0.25) is 5.76 Å². The number of carbonyl (C=O) groups excluding carboxylic acids is 3. The number of esters is 1. The van der Waals surface area contributed by atoms with Crippen LogP contribution in [0.5, 0.6) is 0 Å². The largest absolute Gasteiger partial charge is 0.450 e. The zero-order chi connectivity index (χ0) is 23.3. The number of halogens is 4. The molecule has 0 atom stereocenters. The van der Waals surface area contributed by atoms with Crippen LogP contribution in [0.2, 0.25) is 0 Å². The Balaban J connectivity index is 1.54. The van der Waals surface area contributed by atoms with E-state index in [1.807, 2.05) is 10.9 Å². The number of alkyl halides is 3. The molecular weight excluding hydrogens is 436 g/mol. The van der Waals surface area contributed by atoms with E-state index in [-0.39, 0.29) is 22.6 Å². The summed E-state index contributed by atoms with van der Waals surface area (Å²) in [6.07, 6.45) is -4.54. The number of hydrogen-bond acceptors (Lipinski definition) is 5. The van der Waals surface area contributed by atoms with Crippen molar-refractivity contribution in [3.8, 4) is 11.3 Å². The third-order valence-corrected chi connectivity index (χ3v) is 4.05. The second-order valence-corrected chi connectivity index (χ2v) is 6.30. The third kappa shape index (κ3) is 5.50. The monoisotopic (exact) mass is 450 g/mol. The first-order chi connectivity index (χ1) is 15.1. The Morgan fingerprint density at radius 2 is 1.69 bits per heavy atom. The van der Waals surface area contributed by atoms with Crippen LogP contribution in [-0.2, 0) is 15.7 Å². The molecule has 0 bridgehead atoms. The number of ether oxygens (including phenoxy) is 1. The van der Waals surface area contributed by atoms with Crippen LogP contribution in [0.3, 0.4) is 0 Å². The molecule has 2 aromatic carbocycles.